The van der Waals surface area contributed by atoms with E-state index >= 15 is 13.2 Å². The summed E-state index contributed by atoms with van der Waals surface area (Å²) in [5.74, 6) is -0.775. The summed E-state index contributed by atoms with van der Waals surface area (Å²) in [6.07, 6.45) is 25.1. The molecule has 0 bridgehead atoms. The Bertz CT molecular complexity index is 1460. The van der Waals surface area contributed by atoms with E-state index in [4.69, 9.17) is 0 Å². The highest BCUT2D eigenvalue weighted by Crippen LogP contribution is 2.45. The largest absolute Gasteiger partial charge is 0.203 e. The van der Waals surface area contributed by atoms with E-state index < -0.39 is 23.3 Å². The third kappa shape index (κ3) is 9.21. The van der Waals surface area contributed by atoms with Crippen molar-refractivity contribution in [3.63, 3.8) is 0 Å². The Kier molecular flexibility index (Phi) is 13.8. The highest BCUT2D eigenvalue weighted by Gasteiger charge is 2.32. The predicted molar refractivity (Wildman–Crippen MR) is 193 cm³/mol. The molecule has 0 aliphatic heterocycles. The maximum atomic E-state index is 15.6. The Morgan fingerprint density at radius 2 is 1.15 bits per heavy atom. The van der Waals surface area contributed by atoms with Crippen LogP contribution < -0.4 is 0 Å². The molecule has 3 aromatic carbocycles. The molecule has 0 atom stereocenters. The molecule has 2 fully saturated rings. The zero-order valence-corrected chi connectivity index (χ0v) is 29.3. The minimum absolute atomic E-state index is 0.0557. The van der Waals surface area contributed by atoms with E-state index in [-0.39, 0.29) is 17.0 Å². The van der Waals surface area contributed by atoms with Gasteiger partial charge in [-0.15, -0.1) is 0 Å². The number of halogens is 4. The van der Waals surface area contributed by atoms with Crippen molar-refractivity contribution >= 4 is 0 Å². The lowest BCUT2D eigenvalue weighted by molar-refractivity contribution is 0.155. The number of rotatable bonds is 15. The van der Waals surface area contributed by atoms with Crippen molar-refractivity contribution in [1.29, 1.82) is 0 Å². The molecule has 0 amide bonds. The lowest BCUT2D eigenvalue weighted by Crippen LogP contribution is -2.25. The lowest BCUT2D eigenvalue weighted by Gasteiger charge is -2.38. The number of hydrogen-bond acceptors (Lipinski definition) is 0. The van der Waals surface area contributed by atoms with Crippen molar-refractivity contribution in [2.45, 2.75) is 135 Å². The van der Waals surface area contributed by atoms with Gasteiger partial charge in [-0.25, -0.2) is 17.6 Å². The predicted octanol–water partition coefficient (Wildman–Crippen LogP) is 14.3. The van der Waals surface area contributed by atoms with Crippen LogP contribution in [0.15, 0.2) is 60.7 Å². The Balaban J connectivity index is 1.14. The van der Waals surface area contributed by atoms with Gasteiger partial charge in [0.15, 0.2) is 23.3 Å². The highest BCUT2D eigenvalue weighted by atomic mass is 19.2. The summed E-state index contributed by atoms with van der Waals surface area (Å²) in [7, 11) is 0. The standard InChI is InChI=1S/C44H56F4/c1-3-5-7-9-10-11-13-31-15-17-32(18-16-31)33-19-21-34(22-20-33)39-29-30-40(44(48)43(39)47)36-25-23-35(24-26-36)38-28-27-37(41(45)42(38)46)14-12-8-6-4-2/h4,6,23-34H,3,5,7-22H2,1-2H3/b6-4-. The molecule has 0 radical (unpaired) electrons. The van der Waals surface area contributed by atoms with Crippen LogP contribution in [0.3, 0.4) is 0 Å². The molecule has 0 spiro atoms. The van der Waals surface area contributed by atoms with Crippen LogP contribution >= 0.6 is 0 Å². The molecule has 0 saturated heterocycles. The topological polar surface area (TPSA) is 0 Å². The third-order valence-electron chi connectivity index (χ3n) is 11.6. The Morgan fingerprint density at radius 1 is 0.583 bits per heavy atom. The van der Waals surface area contributed by atoms with Gasteiger partial charge in [0.05, 0.1) is 0 Å². The molecular weight excluding hydrogens is 604 g/mol. The summed E-state index contributed by atoms with van der Waals surface area (Å²) in [4.78, 5) is 0. The number of unbranched alkanes of at least 4 members (excludes halogenated alkanes) is 6. The molecule has 4 heteroatoms. The first kappa shape index (κ1) is 36.4. The maximum absolute atomic E-state index is 15.6. The Morgan fingerprint density at radius 3 is 1.77 bits per heavy atom. The van der Waals surface area contributed by atoms with Crippen LogP contribution in [0.5, 0.6) is 0 Å². The molecule has 0 nitrogen and oxygen atoms in total. The zero-order chi connectivity index (χ0) is 33.9. The van der Waals surface area contributed by atoms with Crippen molar-refractivity contribution < 1.29 is 17.6 Å². The molecule has 2 saturated carbocycles. The molecule has 0 unspecified atom stereocenters. The van der Waals surface area contributed by atoms with Gasteiger partial charge in [-0.1, -0.05) is 125 Å². The van der Waals surface area contributed by atoms with Crippen LogP contribution in [0.2, 0.25) is 0 Å². The fourth-order valence-corrected chi connectivity index (χ4v) is 8.58. The van der Waals surface area contributed by atoms with Gasteiger partial charge >= 0.3 is 0 Å². The molecule has 0 aromatic heterocycles. The quantitative estimate of drug-likeness (QED) is 0.0864. The average molecular weight is 661 g/mol. The minimum Gasteiger partial charge on any atom is -0.203 e. The van der Waals surface area contributed by atoms with Crippen LogP contribution in [-0.4, -0.2) is 0 Å². The van der Waals surface area contributed by atoms with Crippen LogP contribution in [-0.2, 0) is 6.42 Å². The molecule has 0 N–H and O–H groups in total. The monoisotopic (exact) mass is 660 g/mol. The SMILES string of the molecule is C/C=C\CCCc1ccc(-c2ccc(-c3ccc(C4CCC(C5CCC(CCCCCCCC)CC5)CC4)c(F)c3F)cc2)c(F)c1F. The van der Waals surface area contributed by atoms with Crippen molar-refractivity contribution in [2.24, 2.45) is 17.8 Å². The lowest BCUT2D eigenvalue weighted by atomic mass is 9.68. The van der Waals surface area contributed by atoms with E-state index in [1.165, 1.54) is 70.6 Å². The molecular formula is C44H56F4. The third-order valence-corrected chi connectivity index (χ3v) is 11.6. The summed E-state index contributed by atoms with van der Waals surface area (Å²) >= 11 is 0. The van der Waals surface area contributed by atoms with Gasteiger partial charge in [0, 0.05) is 11.1 Å². The van der Waals surface area contributed by atoms with E-state index in [2.05, 4.69) is 6.92 Å². The smallest absolute Gasteiger partial charge is 0.166 e. The van der Waals surface area contributed by atoms with Crippen molar-refractivity contribution in [1.82, 2.24) is 0 Å². The van der Waals surface area contributed by atoms with Gasteiger partial charge in [-0.2, -0.15) is 0 Å². The number of benzene rings is 3. The second-order valence-electron chi connectivity index (χ2n) is 14.7. The second kappa shape index (κ2) is 18.2. The van der Waals surface area contributed by atoms with Crippen LogP contribution in [0, 0.1) is 41.0 Å². The van der Waals surface area contributed by atoms with Crippen molar-refractivity contribution in [3.05, 3.63) is 95.1 Å². The van der Waals surface area contributed by atoms with Gasteiger partial charge in [0.1, 0.15) is 0 Å². The van der Waals surface area contributed by atoms with Crippen molar-refractivity contribution in [2.75, 3.05) is 0 Å². The van der Waals surface area contributed by atoms with E-state index in [1.807, 2.05) is 19.1 Å². The van der Waals surface area contributed by atoms with E-state index in [9.17, 15) is 4.39 Å². The summed E-state index contributed by atoms with van der Waals surface area (Å²) in [5.41, 5.74) is 2.23. The molecule has 260 valence electrons. The maximum Gasteiger partial charge on any atom is 0.166 e. The molecule has 0 heterocycles. The summed E-state index contributed by atoms with van der Waals surface area (Å²) in [5, 5.41) is 0. The van der Waals surface area contributed by atoms with Gasteiger partial charge in [0.2, 0.25) is 0 Å². The number of allylic oxidation sites excluding steroid dienone is 2. The molecule has 5 rings (SSSR count). The highest BCUT2D eigenvalue weighted by molar-refractivity contribution is 5.71. The van der Waals surface area contributed by atoms with Gasteiger partial charge < -0.3 is 0 Å². The van der Waals surface area contributed by atoms with Crippen molar-refractivity contribution in [3.8, 4) is 22.3 Å². The van der Waals surface area contributed by atoms with Crippen LogP contribution in [0.1, 0.15) is 140 Å². The van der Waals surface area contributed by atoms with Crippen LogP contribution in [0.4, 0.5) is 17.6 Å². The number of hydrogen-bond donors (Lipinski definition) is 0. The van der Waals surface area contributed by atoms with E-state index in [0.717, 1.165) is 56.3 Å². The normalized spacial score (nSPS) is 21.6. The zero-order valence-electron chi connectivity index (χ0n) is 29.3. The fourth-order valence-electron chi connectivity index (χ4n) is 8.58. The summed E-state index contributed by atoms with van der Waals surface area (Å²) < 4.78 is 60.9. The Labute approximate surface area is 287 Å². The van der Waals surface area contributed by atoms with Gasteiger partial charge in [-0.05, 0) is 111 Å². The Hall–Kier alpha value is -2.88. The first-order valence-corrected chi connectivity index (χ1v) is 19.1. The number of aryl methyl sites for hydroxylation is 1. The van der Waals surface area contributed by atoms with E-state index in [0.29, 0.717) is 28.7 Å². The van der Waals surface area contributed by atoms with Crippen LogP contribution in [0.25, 0.3) is 22.3 Å². The second-order valence-corrected chi connectivity index (χ2v) is 14.7. The minimum atomic E-state index is -0.876. The molecule has 3 aromatic rings. The average Bonchev–Trinajstić information content (AvgIpc) is 3.12. The molecule has 2 aliphatic rings. The van der Waals surface area contributed by atoms with Gasteiger partial charge in [-0.3, -0.25) is 0 Å². The fraction of sp³-hybridized carbons (Fsp3) is 0.545. The molecule has 2 aliphatic carbocycles. The van der Waals surface area contributed by atoms with E-state index in [1.54, 1.807) is 48.5 Å². The summed E-state index contributed by atoms with van der Waals surface area (Å²) in [6.45, 7) is 4.21. The first-order valence-electron chi connectivity index (χ1n) is 19.1. The first-order chi connectivity index (χ1) is 23.4. The van der Waals surface area contributed by atoms with Gasteiger partial charge in [0.25, 0.3) is 0 Å². The molecule has 48 heavy (non-hydrogen) atoms. The summed E-state index contributed by atoms with van der Waals surface area (Å²) in [6, 6.07) is 13.3.